The molecule has 4 saturated carbocycles. The zero-order valence-electron chi connectivity index (χ0n) is 27.0. The Hall–Kier alpha value is -2.00. The molecule has 0 radical (unpaired) electrons. The molecule has 0 heterocycles. The zero-order valence-corrected chi connectivity index (χ0v) is 27.0. The van der Waals surface area contributed by atoms with E-state index in [1.165, 1.54) is 72.2 Å². The molecule has 3 nitrogen and oxygen atoms in total. The lowest BCUT2D eigenvalue weighted by Gasteiger charge is -2.57. The number of hydrogen-bond donors (Lipinski definition) is 3. The van der Waals surface area contributed by atoms with Crippen molar-refractivity contribution in [1.82, 2.24) is 5.32 Å². The van der Waals surface area contributed by atoms with Crippen molar-refractivity contribution in [2.24, 2.45) is 28.6 Å². The van der Waals surface area contributed by atoms with Gasteiger partial charge in [-0.05, 0) is 117 Å². The summed E-state index contributed by atoms with van der Waals surface area (Å²) in [5.41, 5.74) is 8.69. The molecule has 0 spiro atoms. The molecule has 0 aromatic heterocycles. The summed E-state index contributed by atoms with van der Waals surface area (Å²) in [6, 6.07) is 14.2. The van der Waals surface area contributed by atoms with Gasteiger partial charge in [-0.15, -0.1) is 0 Å². The lowest BCUT2D eigenvalue weighted by Crippen LogP contribution is -2.58. The topological polar surface area (TPSA) is 36.1 Å². The van der Waals surface area contributed by atoms with E-state index in [-0.39, 0.29) is 10.8 Å². The Morgan fingerprint density at radius 2 is 1.10 bits per heavy atom. The van der Waals surface area contributed by atoms with Crippen LogP contribution in [0.4, 0.5) is 11.4 Å². The summed E-state index contributed by atoms with van der Waals surface area (Å²) >= 11 is 0. The molecule has 4 aliphatic carbocycles. The summed E-state index contributed by atoms with van der Waals surface area (Å²) in [7, 11) is 0. The van der Waals surface area contributed by atoms with Crippen molar-refractivity contribution in [1.29, 1.82) is 0 Å². The van der Waals surface area contributed by atoms with Gasteiger partial charge in [0.2, 0.25) is 0 Å². The molecule has 40 heavy (non-hydrogen) atoms. The molecule has 3 heteroatoms. The highest BCUT2D eigenvalue weighted by Crippen LogP contribution is 2.55. The first-order valence-electron chi connectivity index (χ1n) is 16.2. The predicted octanol–water partition coefficient (Wildman–Crippen LogP) is 9.41. The first-order chi connectivity index (χ1) is 18.7. The number of aryl methyl sites for hydroxylation is 3. The summed E-state index contributed by atoms with van der Waals surface area (Å²) in [6.45, 7) is 22.0. The standard InChI is InChI=1S/C37H57N3/c1-24-12-10-13-25(2)33(24)39-31(35(4,5)6)19-32(36(7,8)9)40-34-26(3)14-11-15-30(34)23-38-37-20-27-16-28(21-37)18-29(17-27)22-37/h10-15,27-29,31-32,38-40H,16-23H2,1-9H3. The average molecular weight is 544 g/mol. The molecule has 0 saturated heterocycles. The van der Waals surface area contributed by atoms with Crippen LogP contribution in [0.1, 0.15) is 109 Å². The molecule has 4 fully saturated rings. The number of rotatable bonds is 9. The second kappa shape index (κ2) is 11.0. The highest BCUT2D eigenvalue weighted by molar-refractivity contribution is 5.59. The van der Waals surface area contributed by atoms with Gasteiger partial charge in [0.05, 0.1) is 0 Å². The number of anilines is 2. The summed E-state index contributed by atoms with van der Waals surface area (Å²) in [4.78, 5) is 0. The second-order valence-corrected chi connectivity index (χ2v) is 16.3. The third kappa shape index (κ3) is 6.40. The normalized spacial score (nSPS) is 27.5. The zero-order chi connectivity index (χ0) is 28.9. The molecular weight excluding hydrogens is 486 g/mol. The van der Waals surface area contributed by atoms with Crippen LogP contribution in [-0.2, 0) is 6.54 Å². The number of hydrogen-bond acceptors (Lipinski definition) is 3. The van der Waals surface area contributed by atoms with Gasteiger partial charge in [-0.2, -0.15) is 0 Å². The van der Waals surface area contributed by atoms with E-state index in [1.807, 2.05) is 0 Å². The summed E-state index contributed by atoms with van der Waals surface area (Å²) in [6.07, 6.45) is 9.74. The number of para-hydroxylation sites is 2. The molecule has 3 N–H and O–H groups in total. The van der Waals surface area contributed by atoms with Crippen LogP contribution in [0.15, 0.2) is 36.4 Å². The fraction of sp³-hybridized carbons (Fsp3) is 0.676. The van der Waals surface area contributed by atoms with E-state index in [2.05, 4.69) is 115 Å². The van der Waals surface area contributed by atoms with Crippen molar-refractivity contribution in [2.75, 3.05) is 10.6 Å². The van der Waals surface area contributed by atoms with Gasteiger partial charge in [0, 0.05) is 35.5 Å². The van der Waals surface area contributed by atoms with Crippen LogP contribution in [0.2, 0.25) is 0 Å². The number of benzene rings is 2. The second-order valence-electron chi connectivity index (χ2n) is 16.3. The Bertz CT molecular complexity index is 1130. The van der Waals surface area contributed by atoms with Gasteiger partial charge in [-0.25, -0.2) is 0 Å². The van der Waals surface area contributed by atoms with Gasteiger partial charge in [0.1, 0.15) is 0 Å². The minimum Gasteiger partial charge on any atom is -0.381 e. The maximum absolute atomic E-state index is 4.18. The largest absolute Gasteiger partial charge is 0.381 e. The van der Waals surface area contributed by atoms with Crippen LogP contribution in [0.3, 0.4) is 0 Å². The Labute approximate surface area is 245 Å². The minimum absolute atomic E-state index is 0.110. The maximum atomic E-state index is 4.18. The van der Waals surface area contributed by atoms with E-state index in [0.29, 0.717) is 17.6 Å². The van der Waals surface area contributed by atoms with Crippen LogP contribution in [0.25, 0.3) is 0 Å². The van der Waals surface area contributed by atoms with Gasteiger partial charge in [-0.3, -0.25) is 0 Å². The van der Waals surface area contributed by atoms with Crippen molar-refractivity contribution < 1.29 is 0 Å². The van der Waals surface area contributed by atoms with Gasteiger partial charge in [0.25, 0.3) is 0 Å². The molecule has 220 valence electrons. The Morgan fingerprint density at radius 1 is 0.675 bits per heavy atom. The monoisotopic (exact) mass is 543 g/mol. The molecule has 2 atom stereocenters. The lowest BCUT2D eigenvalue weighted by molar-refractivity contribution is -0.0205. The lowest BCUT2D eigenvalue weighted by atomic mass is 9.53. The molecule has 4 bridgehead atoms. The summed E-state index contributed by atoms with van der Waals surface area (Å²) in [5, 5.41) is 12.4. The maximum Gasteiger partial charge on any atom is 0.0417 e. The quantitative estimate of drug-likeness (QED) is 0.295. The SMILES string of the molecule is Cc1cccc(C)c1NC(CC(Nc1c(C)cccc1CNC12CC3CC(CC(C3)C1)C2)C(C)(C)C)C(C)(C)C. The Morgan fingerprint density at radius 3 is 1.57 bits per heavy atom. The highest BCUT2D eigenvalue weighted by Gasteiger charge is 2.50. The summed E-state index contributed by atoms with van der Waals surface area (Å²) in [5.74, 6) is 2.91. The third-order valence-corrected chi connectivity index (χ3v) is 10.7. The van der Waals surface area contributed by atoms with Crippen LogP contribution in [-0.4, -0.2) is 17.6 Å². The van der Waals surface area contributed by atoms with E-state index < -0.39 is 0 Å². The van der Waals surface area contributed by atoms with Crippen molar-refractivity contribution in [3.05, 3.63) is 58.7 Å². The van der Waals surface area contributed by atoms with E-state index in [0.717, 1.165) is 30.7 Å². The average Bonchev–Trinajstić information content (AvgIpc) is 2.83. The molecule has 2 unspecified atom stereocenters. The van der Waals surface area contributed by atoms with E-state index in [4.69, 9.17) is 0 Å². The summed E-state index contributed by atoms with van der Waals surface area (Å²) < 4.78 is 0. The third-order valence-electron chi connectivity index (χ3n) is 10.7. The minimum atomic E-state index is 0.110. The van der Waals surface area contributed by atoms with Crippen molar-refractivity contribution in [3.8, 4) is 0 Å². The van der Waals surface area contributed by atoms with Crippen LogP contribution < -0.4 is 16.0 Å². The van der Waals surface area contributed by atoms with E-state index >= 15 is 0 Å². The highest BCUT2D eigenvalue weighted by atomic mass is 15.0. The fourth-order valence-corrected chi connectivity index (χ4v) is 8.58. The van der Waals surface area contributed by atoms with Crippen LogP contribution in [0, 0.1) is 49.4 Å². The van der Waals surface area contributed by atoms with Gasteiger partial charge >= 0.3 is 0 Å². The molecule has 4 aliphatic rings. The first kappa shape index (κ1) is 29.5. The van der Waals surface area contributed by atoms with Crippen LogP contribution in [0.5, 0.6) is 0 Å². The molecule has 0 amide bonds. The van der Waals surface area contributed by atoms with E-state index in [9.17, 15) is 0 Å². The first-order valence-corrected chi connectivity index (χ1v) is 16.2. The van der Waals surface area contributed by atoms with Crippen molar-refractivity contribution >= 4 is 11.4 Å². The van der Waals surface area contributed by atoms with E-state index in [1.54, 1.807) is 0 Å². The Balaban J connectivity index is 1.37. The van der Waals surface area contributed by atoms with Gasteiger partial charge in [-0.1, -0.05) is 77.9 Å². The fourth-order valence-electron chi connectivity index (χ4n) is 8.58. The van der Waals surface area contributed by atoms with Gasteiger partial charge in [0.15, 0.2) is 0 Å². The van der Waals surface area contributed by atoms with Crippen molar-refractivity contribution in [3.63, 3.8) is 0 Å². The van der Waals surface area contributed by atoms with Gasteiger partial charge < -0.3 is 16.0 Å². The van der Waals surface area contributed by atoms with Crippen molar-refractivity contribution in [2.45, 2.75) is 131 Å². The predicted molar refractivity (Wildman–Crippen MR) is 173 cm³/mol. The Kier molecular flexibility index (Phi) is 8.12. The molecule has 6 rings (SSSR count). The molecule has 2 aromatic carbocycles. The molecule has 2 aromatic rings. The smallest absolute Gasteiger partial charge is 0.0417 e. The molecule has 0 aliphatic heterocycles. The molecular formula is C37H57N3. The number of nitrogens with one attached hydrogen (secondary N) is 3. The van der Waals surface area contributed by atoms with Crippen LogP contribution >= 0.6 is 0 Å².